The smallest absolute Gasteiger partial charge is 0.211 e. The van der Waals surface area contributed by atoms with Gasteiger partial charge in [0.1, 0.15) is 5.82 Å². The molecular formula is C4H7N3O. The largest absolute Gasteiger partial charge is 0.493 e. The van der Waals surface area contributed by atoms with E-state index in [0.717, 1.165) is 4.68 Å². The van der Waals surface area contributed by atoms with Gasteiger partial charge >= 0.3 is 0 Å². The van der Waals surface area contributed by atoms with Crippen molar-refractivity contribution >= 4 is 5.82 Å². The van der Waals surface area contributed by atoms with E-state index < -0.39 is 0 Å². The molecule has 0 aliphatic rings. The number of hydrogen-bond acceptors (Lipinski definition) is 3. The Hall–Kier alpha value is -1.32. The molecule has 0 spiro atoms. The fourth-order valence-electron chi connectivity index (χ4n) is 0.453. The quantitative estimate of drug-likeness (QED) is 0.396. The Morgan fingerprint density at radius 1 is 1.50 bits per heavy atom. The fraction of sp³-hybridized carbons (Fsp3) is 0. The number of hydrogen-bond donors (Lipinski definition) is 3. The average molecular weight is 113 g/mol. The standard InChI is InChI=1S/C4H7N3O/c5-3-1-2-4(8)7(3)6/h1-2,8H,5-6H2. The van der Waals surface area contributed by atoms with Crippen LogP contribution < -0.4 is 11.6 Å². The first-order chi connectivity index (χ1) is 3.72. The predicted octanol–water partition coefficient (Wildman–Crippen LogP) is -0.510. The Morgan fingerprint density at radius 3 is 2.25 bits per heavy atom. The maximum atomic E-state index is 8.70. The van der Waals surface area contributed by atoms with Crippen molar-refractivity contribution in [1.82, 2.24) is 4.68 Å². The van der Waals surface area contributed by atoms with Crippen LogP contribution in [0.4, 0.5) is 5.82 Å². The lowest BCUT2D eigenvalue weighted by molar-refractivity contribution is 0.439. The first-order valence-corrected chi connectivity index (χ1v) is 2.13. The van der Waals surface area contributed by atoms with Gasteiger partial charge in [-0.2, -0.15) is 0 Å². The molecule has 1 heterocycles. The number of nitrogen functional groups attached to an aromatic ring is 2. The van der Waals surface area contributed by atoms with Crippen LogP contribution in [0.1, 0.15) is 0 Å². The summed E-state index contributed by atoms with van der Waals surface area (Å²) in [5.41, 5.74) is 5.22. The van der Waals surface area contributed by atoms with E-state index in [-0.39, 0.29) is 5.88 Å². The van der Waals surface area contributed by atoms with Gasteiger partial charge in [0.05, 0.1) is 0 Å². The highest BCUT2D eigenvalue weighted by molar-refractivity contribution is 5.36. The highest BCUT2D eigenvalue weighted by atomic mass is 16.3. The van der Waals surface area contributed by atoms with Gasteiger partial charge in [-0.15, -0.1) is 0 Å². The van der Waals surface area contributed by atoms with Crippen molar-refractivity contribution in [2.45, 2.75) is 0 Å². The van der Waals surface area contributed by atoms with Crippen LogP contribution >= 0.6 is 0 Å². The highest BCUT2D eigenvalue weighted by Gasteiger charge is 1.95. The van der Waals surface area contributed by atoms with Crippen LogP contribution in [-0.4, -0.2) is 9.78 Å². The van der Waals surface area contributed by atoms with E-state index in [2.05, 4.69) is 0 Å². The van der Waals surface area contributed by atoms with Crippen LogP contribution in [-0.2, 0) is 0 Å². The molecule has 0 radical (unpaired) electrons. The minimum Gasteiger partial charge on any atom is -0.493 e. The van der Waals surface area contributed by atoms with Crippen molar-refractivity contribution < 1.29 is 5.11 Å². The van der Waals surface area contributed by atoms with Crippen molar-refractivity contribution in [2.24, 2.45) is 0 Å². The monoisotopic (exact) mass is 113 g/mol. The molecule has 8 heavy (non-hydrogen) atoms. The minimum atomic E-state index is -0.0255. The predicted molar refractivity (Wildman–Crippen MR) is 30.7 cm³/mol. The molecule has 0 atom stereocenters. The van der Waals surface area contributed by atoms with E-state index in [9.17, 15) is 0 Å². The van der Waals surface area contributed by atoms with Crippen molar-refractivity contribution in [3.05, 3.63) is 12.1 Å². The van der Waals surface area contributed by atoms with Gasteiger partial charge in [0.25, 0.3) is 0 Å². The summed E-state index contributed by atoms with van der Waals surface area (Å²) in [5.74, 6) is 5.47. The summed E-state index contributed by atoms with van der Waals surface area (Å²) in [6, 6.07) is 2.95. The molecule has 0 aliphatic heterocycles. The summed E-state index contributed by atoms with van der Waals surface area (Å²) in [6.45, 7) is 0. The fourth-order valence-corrected chi connectivity index (χ4v) is 0.453. The SMILES string of the molecule is Nc1ccc(O)n1N. The third-order valence-electron chi connectivity index (χ3n) is 0.928. The van der Waals surface area contributed by atoms with E-state index in [1.54, 1.807) is 0 Å². The first kappa shape index (κ1) is 4.83. The zero-order valence-electron chi connectivity index (χ0n) is 4.20. The Balaban J connectivity index is 3.19. The van der Waals surface area contributed by atoms with Crippen molar-refractivity contribution in [3.63, 3.8) is 0 Å². The van der Waals surface area contributed by atoms with Gasteiger partial charge in [-0.05, 0) is 6.07 Å². The third kappa shape index (κ3) is 0.465. The summed E-state index contributed by atoms with van der Waals surface area (Å²) in [4.78, 5) is 0. The third-order valence-corrected chi connectivity index (χ3v) is 0.928. The van der Waals surface area contributed by atoms with Crippen LogP contribution in [0.3, 0.4) is 0 Å². The molecule has 5 N–H and O–H groups in total. The van der Waals surface area contributed by atoms with Crippen LogP contribution in [0, 0.1) is 0 Å². The summed E-state index contributed by atoms with van der Waals surface area (Å²) < 4.78 is 1.00. The number of aromatic hydroxyl groups is 1. The second-order valence-electron chi connectivity index (χ2n) is 1.49. The summed E-state index contributed by atoms with van der Waals surface area (Å²) in [6.07, 6.45) is 0. The van der Waals surface area contributed by atoms with Crippen molar-refractivity contribution in [3.8, 4) is 5.88 Å². The van der Waals surface area contributed by atoms with E-state index in [0.29, 0.717) is 5.82 Å². The maximum absolute atomic E-state index is 8.70. The molecule has 0 saturated carbocycles. The average Bonchev–Trinajstić information content (AvgIpc) is 1.98. The Bertz CT molecular complexity index is 174. The van der Waals surface area contributed by atoms with Gasteiger partial charge in [-0.25, -0.2) is 4.68 Å². The molecule has 0 bridgehead atoms. The molecule has 0 aromatic carbocycles. The lowest BCUT2D eigenvalue weighted by Crippen LogP contribution is -2.09. The summed E-state index contributed by atoms with van der Waals surface area (Å²) in [7, 11) is 0. The molecule has 1 aromatic rings. The molecule has 4 nitrogen and oxygen atoms in total. The molecular weight excluding hydrogens is 106 g/mol. The van der Waals surface area contributed by atoms with E-state index >= 15 is 0 Å². The van der Waals surface area contributed by atoms with Gasteiger partial charge in [0.15, 0.2) is 0 Å². The normalized spacial score (nSPS) is 9.50. The Morgan fingerprint density at radius 2 is 2.12 bits per heavy atom. The topological polar surface area (TPSA) is 77.2 Å². The van der Waals surface area contributed by atoms with Crippen LogP contribution in [0.15, 0.2) is 12.1 Å². The summed E-state index contributed by atoms with van der Waals surface area (Å²) in [5, 5.41) is 8.70. The van der Waals surface area contributed by atoms with Crippen molar-refractivity contribution in [1.29, 1.82) is 0 Å². The van der Waals surface area contributed by atoms with Gasteiger partial charge in [-0.3, -0.25) is 0 Å². The second-order valence-corrected chi connectivity index (χ2v) is 1.49. The van der Waals surface area contributed by atoms with E-state index in [1.807, 2.05) is 0 Å². The van der Waals surface area contributed by atoms with Gasteiger partial charge < -0.3 is 16.7 Å². The second kappa shape index (κ2) is 1.33. The molecule has 1 aromatic heterocycles. The number of nitrogens with zero attached hydrogens (tertiary/aromatic N) is 1. The molecule has 0 amide bonds. The lowest BCUT2D eigenvalue weighted by Gasteiger charge is -1.94. The summed E-state index contributed by atoms with van der Waals surface area (Å²) >= 11 is 0. The molecule has 1 rings (SSSR count). The Kier molecular flexibility index (Phi) is 0.802. The van der Waals surface area contributed by atoms with Gasteiger partial charge in [0.2, 0.25) is 5.88 Å². The first-order valence-electron chi connectivity index (χ1n) is 2.13. The molecule has 0 unspecified atom stereocenters. The van der Waals surface area contributed by atoms with Gasteiger partial charge in [-0.1, -0.05) is 0 Å². The van der Waals surface area contributed by atoms with Crippen LogP contribution in [0.2, 0.25) is 0 Å². The zero-order valence-corrected chi connectivity index (χ0v) is 4.20. The van der Waals surface area contributed by atoms with Crippen LogP contribution in [0.25, 0.3) is 0 Å². The highest BCUT2D eigenvalue weighted by Crippen LogP contribution is 2.11. The van der Waals surface area contributed by atoms with E-state index in [4.69, 9.17) is 16.7 Å². The molecule has 0 fully saturated rings. The van der Waals surface area contributed by atoms with Crippen molar-refractivity contribution in [2.75, 3.05) is 11.6 Å². The number of aromatic nitrogens is 1. The molecule has 0 saturated heterocycles. The number of nitrogens with two attached hydrogens (primary N) is 2. The van der Waals surface area contributed by atoms with Crippen LogP contribution in [0.5, 0.6) is 5.88 Å². The maximum Gasteiger partial charge on any atom is 0.211 e. The minimum absolute atomic E-state index is 0.0255. The van der Waals surface area contributed by atoms with E-state index in [1.165, 1.54) is 12.1 Å². The zero-order chi connectivity index (χ0) is 6.15. The molecule has 0 aliphatic carbocycles. The molecule has 4 heteroatoms. The number of rotatable bonds is 0. The Labute approximate surface area is 46.3 Å². The van der Waals surface area contributed by atoms with Gasteiger partial charge in [0, 0.05) is 6.07 Å². The molecule has 44 valence electrons. The number of anilines is 1. The lowest BCUT2D eigenvalue weighted by atomic mass is 10.6.